The van der Waals surface area contributed by atoms with Crippen molar-refractivity contribution in [1.29, 1.82) is 0 Å². The molecule has 0 spiro atoms. The number of aromatic amines is 1. The second kappa shape index (κ2) is 7.04. The normalized spacial score (nSPS) is 10.7. The summed E-state index contributed by atoms with van der Waals surface area (Å²) >= 11 is 0. The largest absolute Gasteiger partial charge is 0.310 e. The van der Waals surface area contributed by atoms with Crippen molar-refractivity contribution in [3.05, 3.63) is 64.3 Å². The summed E-state index contributed by atoms with van der Waals surface area (Å²) in [6, 6.07) is 10.9. The zero-order chi connectivity index (χ0) is 16.9. The van der Waals surface area contributed by atoms with E-state index in [1.807, 2.05) is 37.3 Å². The number of hydrogen-bond donors (Lipinski definition) is 2. The van der Waals surface area contributed by atoms with Crippen LogP contribution in [-0.4, -0.2) is 20.9 Å². The summed E-state index contributed by atoms with van der Waals surface area (Å²) in [6.07, 6.45) is 3.12. The van der Waals surface area contributed by atoms with E-state index in [4.69, 9.17) is 0 Å². The third-order valence-electron chi connectivity index (χ3n) is 3.75. The topological polar surface area (TPSA) is 87.7 Å². The zero-order valence-electron chi connectivity index (χ0n) is 13.4. The highest BCUT2D eigenvalue weighted by Crippen LogP contribution is 2.11. The van der Waals surface area contributed by atoms with Gasteiger partial charge in [0.05, 0.1) is 10.9 Å². The number of benzene rings is 1. The predicted molar refractivity (Wildman–Crippen MR) is 92.9 cm³/mol. The fraction of sp³-hybridized carbons (Fsp3) is 0.222. The van der Waals surface area contributed by atoms with Gasteiger partial charge < -0.3 is 10.3 Å². The maximum absolute atomic E-state index is 12.0. The van der Waals surface area contributed by atoms with Gasteiger partial charge in [0.2, 0.25) is 5.91 Å². The molecular weight excluding hydrogens is 304 g/mol. The predicted octanol–water partition coefficient (Wildman–Crippen LogP) is 2.59. The molecule has 0 unspecified atom stereocenters. The first kappa shape index (κ1) is 15.9. The average molecular weight is 322 g/mol. The number of aryl methyl sites for hydroxylation is 2. The smallest absolute Gasteiger partial charge is 0.258 e. The highest BCUT2D eigenvalue weighted by molar-refractivity contribution is 5.90. The molecule has 24 heavy (non-hydrogen) atoms. The fourth-order valence-electron chi connectivity index (χ4n) is 2.48. The Bertz CT molecular complexity index is 933. The summed E-state index contributed by atoms with van der Waals surface area (Å²) in [6.45, 7) is 1.90. The quantitative estimate of drug-likeness (QED) is 0.756. The van der Waals surface area contributed by atoms with Crippen molar-refractivity contribution in [2.45, 2.75) is 26.2 Å². The van der Waals surface area contributed by atoms with Gasteiger partial charge >= 0.3 is 0 Å². The van der Waals surface area contributed by atoms with Crippen molar-refractivity contribution < 1.29 is 4.79 Å². The van der Waals surface area contributed by atoms with Crippen molar-refractivity contribution in [1.82, 2.24) is 15.0 Å². The molecule has 0 bridgehead atoms. The van der Waals surface area contributed by atoms with Crippen LogP contribution in [0.15, 0.2) is 47.4 Å². The highest BCUT2D eigenvalue weighted by Gasteiger charge is 2.07. The Kier molecular flexibility index (Phi) is 4.65. The van der Waals surface area contributed by atoms with E-state index >= 15 is 0 Å². The van der Waals surface area contributed by atoms with Crippen LogP contribution in [0.5, 0.6) is 0 Å². The Balaban J connectivity index is 1.59. The van der Waals surface area contributed by atoms with Gasteiger partial charge in [-0.2, -0.15) is 0 Å². The first-order valence-corrected chi connectivity index (χ1v) is 7.83. The fourth-order valence-corrected chi connectivity index (χ4v) is 2.48. The van der Waals surface area contributed by atoms with Crippen molar-refractivity contribution in [2.24, 2.45) is 0 Å². The highest BCUT2D eigenvalue weighted by atomic mass is 16.1. The third-order valence-corrected chi connectivity index (χ3v) is 3.75. The van der Waals surface area contributed by atoms with Gasteiger partial charge in [0.1, 0.15) is 11.6 Å². The van der Waals surface area contributed by atoms with Gasteiger partial charge in [0.25, 0.3) is 5.56 Å². The summed E-state index contributed by atoms with van der Waals surface area (Å²) in [4.78, 5) is 35.3. The van der Waals surface area contributed by atoms with Crippen LogP contribution >= 0.6 is 0 Å². The monoisotopic (exact) mass is 322 g/mol. The molecule has 1 amide bonds. The third kappa shape index (κ3) is 3.65. The molecule has 2 N–H and O–H groups in total. The Labute approximate surface area is 139 Å². The van der Waals surface area contributed by atoms with Gasteiger partial charge in [-0.15, -0.1) is 0 Å². The van der Waals surface area contributed by atoms with E-state index in [1.165, 1.54) is 0 Å². The summed E-state index contributed by atoms with van der Waals surface area (Å²) in [5.41, 5.74) is 1.44. The molecule has 0 aliphatic heterocycles. The van der Waals surface area contributed by atoms with E-state index in [0.29, 0.717) is 41.8 Å². The number of aromatic nitrogens is 3. The number of carbonyl (C=O) groups is 1. The van der Waals surface area contributed by atoms with Crippen LogP contribution in [0.25, 0.3) is 10.9 Å². The van der Waals surface area contributed by atoms with Crippen LogP contribution in [0.2, 0.25) is 0 Å². The molecule has 0 radical (unpaired) electrons. The molecule has 3 rings (SSSR count). The zero-order valence-corrected chi connectivity index (χ0v) is 13.4. The number of para-hydroxylation sites is 1. The lowest BCUT2D eigenvalue weighted by atomic mass is 10.2. The Morgan fingerprint density at radius 1 is 1.21 bits per heavy atom. The van der Waals surface area contributed by atoms with Crippen molar-refractivity contribution in [3.63, 3.8) is 0 Å². The molecular formula is C18H18N4O2. The second-order valence-electron chi connectivity index (χ2n) is 5.60. The molecule has 2 heterocycles. The standard InChI is InChI=1S/C18H18N4O2/c1-12-6-5-11-19-17(12)22-16(23)10-4-9-15-20-14-8-3-2-7-13(14)18(24)21-15/h2-3,5-8,11H,4,9-10H2,1H3,(H,19,22,23)(H,20,21,24). The summed E-state index contributed by atoms with van der Waals surface area (Å²) in [7, 11) is 0. The Morgan fingerprint density at radius 2 is 2.04 bits per heavy atom. The molecule has 2 aromatic heterocycles. The minimum absolute atomic E-state index is 0.0973. The van der Waals surface area contributed by atoms with Gasteiger partial charge in [-0.05, 0) is 37.1 Å². The van der Waals surface area contributed by atoms with Crippen LogP contribution in [0.1, 0.15) is 24.2 Å². The van der Waals surface area contributed by atoms with Crippen LogP contribution < -0.4 is 10.9 Å². The minimum atomic E-state index is -0.149. The number of fused-ring (bicyclic) bond motifs is 1. The lowest BCUT2D eigenvalue weighted by Gasteiger charge is -2.07. The maximum Gasteiger partial charge on any atom is 0.258 e. The molecule has 0 saturated carbocycles. The Morgan fingerprint density at radius 3 is 2.88 bits per heavy atom. The van der Waals surface area contributed by atoms with E-state index in [-0.39, 0.29) is 11.5 Å². The van der Waals surface area contributed by atoms with Crippen LogP contribution in [-0.2, 0) is 11.2 Å². The first-order chi connectivity index (χ1) is 11.6. The number of anilines is 1. The van der Waals surface area contributed by atoms with Gasteiger partial charge in [-0.25, -0.2) is 9.97 Å². The van der Waals surface area contributed by atoms with Gasteiger partial charge in [-0.3, -0.25) is 9.59 Å². The minimum Gasteiger partial charge on any atom is -0.310 e. The molecule has 0 atom stereocenters. The van der Waals surface area contributed by atoms with E-state index < -0.39 is 0 Å². The number of hydrogen-bond acceptors (Lipinski definition) is 4. The van der Waals surface area contributed by atoms with Gasteiger partial charge in [0, 0.05) is 19.0 Å². The Hall–Kier alpha value is -3.02. The van der Waals surface area contributed by atoms with Gasteiger partial charge in [-0.1, -0.05) is 18.2 Å². The molecule has 0 saturated heterocycles. The summed E-state index contributed by atoms with van der Waals surface area (Å²) in [5, 5.41) is 3.37. The molecule has 0 fully saturated rings. The van der Waals surface area contributed by atoms with Crippen LogP contribution in [0, 0.1) is 6.92 Å². The molecule has 0 aliphatic carbocycles. The number of rotatable bonds is 5. The molecule has 6 nitrogen and oxygen atoms in total. The number of nitrogens with one attached hydrogen (secondary N) is 2. The van der Waals surface area contributed by atoms with Crippen LogP contribution in [0.4, 0.5) is 5.82 Å². The van der Waals surface area contributed by atoms with Gasteiger partial charge in [0.15, 0.2) is 0 Å². The lowest BCUT2D eigenvalue weighted by molar-refractivity contribution is -0.116. The second-order valence-corrected chi connectivity index (χ2v) is 5.60. The van der Waals surface area contributed by atoms with E-state index in [9.17, 15) is 9.59 Å². The number of pyridine rings is 1. The first-order valence-electron chi connectivity index (χ1n) is 7.83. The van der Waals surface area contributed by atoms with Crippen molar-refractivity contribution in [2.75, 3.05) is 5.32 Å². The van der Waals surface area contributed by atoms with E-state index in [2.05, 4.69) is 20.3 Å². The molecule has 1 aromatic carbocycles. The van der Waals surface area contributed by atoms with Crippen LogP contribution in [0.3, 0.4) is 0 Å². The number of carbonyl (C=O) groups excluding carboxylic acids is 1. The van der Waals surface area contributed by atoms with Crippen molar-refractivity contribution >= 4 is 22.6 Å². The molecule has 122 valence electrons. The van der Waals surface area contributed by atoms with Crippen molar-refractivity contribution in [3.8, 4) is 0 Å². The van der Waals surface area contributed by atoms with E-state index in [0.717, 1.165) is 5.56 Å². The summed E-state index contributed by atoms with van der Waals surface area (Å²) < 4.78 is 0. The molecule has 6 heteroatoms. The summed E-state index contributed by atoms with van der Waals surface area (Å²) in [5.74, 6) is 1.08. The SMILES string of the molecule is Cc1cccnc1NC(=O)CCCc1nc2ccccc2c(=O)[nH]1. The number of amides is 1. The lowest BCUT2D eigenvalue weighted by Crippen LogP contribution is -2.15. The molecule has 3 aromatic rings. The average Bonchev–Trinajstić information content (AvgIpc) is 2.57. The maximum atomic E-state index is 12.0. The molecule has 0 aliphatic rings. The van der Waals surface area contributed by atoms with E-state index in [1.54, 1.807) is 12.3 Å². The number of nitrogens with zero attached hydrogens (tertiary/aromatic N) is 2. The number of H-pyrrole nitrogens is 1.